The van der Waals surface area contributed by atoms with E-state index in [0.717, 1.165) is 48.6 Å². The van der Waals surface area contributed by atoms with Crippen molar-refractivity contribution in [2.75, 3.05) is 26.9 Å². The lowest BCUT2D eigenvalue weighted by Gasteiger charge is -2.32. The van der Waals surface area contributed by atoms with Crippen molar-refractivity contribution in [1.82, 2.24) is 0 Å². The van der Waals surface area contributed by atoms with E-state index in [0.29, 0.717) is 16.2 Å². The third kappa shape index (κ3) is 4.18. The van der Waals surface area contributed by atoms with Gasteiger partial charge in [0.25, 0.3) is 0 Å². The minimum Gasteiger partial charge on any atom is -0.457 e. The molecule has 1 fully saturated rings. The summed E-state index contributed by atoms with van der Waals surface area (Å²) in [6.07, 6.45) is 1.79. The van der Waals surface area contributed by atoms with Gasteiger partial charge in [0.2, 0.25) is 6.73 Å². The average Bonchev–Trinajstić information content (AvgIpc) is 3.05. The number of quaternary nitrogens is 1. The minimum atomic E-state index is -0.681. The molecule has 2 aromatic rings. The van der Waals surface area contributed by atoms with E-state index in [9.17, 15) is 4.79 Å². The van der Waals surface area contributed by atoms with Crippen LogP contribution in [0.3, 0.4) is 0 Å². The predicted molar refractivity (Wildman–Crippen MR) is 128 cm³/mol. The van der Waals surface area contributed by atoms with Crippen LogP contribution in [0.4, 0.5) is 0 Å². The van der Waals surface area contributed by atoms with Crippen LogP contribution < -0.4 is 4.74 Å². The number of rotatable bonds is 6. The fraction of sp³-hybridized carbons (Fsp3) is 0.444. The lowest BCUT2D eigenvalue weighted by molar-refractivity contribution is -0.915. The molecule has 2 aromatic carbocycles. The van der Waals surface area contributed by atoms with Crippen molar-refractivity contribution < 1.29 is 18.8 Å². The van der Waals surface area contributed by atoms with E-state index >= 15 is 0 Å². The lowest BCUT2D eigenvalue weighted by Crippen LogP contribution is -2.45. The van der Waals surface area contributed by atoms with Gasteiger partial charge >= 0.3 is 5.97 Å². The number of esters is 1. The quantitative estimate of drug-likeness (QED) is 0.278. The summed E-state index contributed by atoms with van der Waals surface area (Å²) in [4.78, 5) is 13.0. The first-order valence-corrected chi connectivity index (χ1v) is 11.8. The molecule has 3 unspecified atom stereocenters. The number of fused-ring (bicyclic) bond motifs is 5. The molecule has 170 valence electrons. The molecular formula is C27H33ClNO3+. The average molecular weight is 455 g/mol. The van der Waals surface area contributed by atoms with Gasteiger partial charge in [0.1, 0.15) is 11.5 Å². The molecule has 0 bridgehead atoms. The van der Waals surface area contributed by atoms with Crippen molar-refractivity contribution in [2.45, 2.75) is 45.4 Å². The third-order valence-electron chi connectivity index (χ3n) is 7.12. The Balaban J connectivity index is 1.59. The van der Waals surface area contributed by atoms with Crippen LogP contribution in [-0.4, -0.2) is 37.3 Å². The van der Waals surface area contributed by atoms with Crippen LogP contribution in [0.15, 0.2) is 54.6 Å². The highest BCUT2D eigenvalue weighted by molar-refractivity contribution is 6.30. The number of hydrogen-bond donors (Lipinski definition) is 0. The zero-order valence-corrected chi connectivity index (χ0v) is 20.2. The SMILES string of the molecule is C=C(CCC)C(C)(C)C(=O)OC[N+]1(C)CC2c3ccccc3Oc3ccc(Cl)cc3C2C1. The Kier molecular flexibility index (Phi) is 6.12. The van der Waals surface area contributed by atoms with E-state index in [1.807, 2.05) is 44.2 Å². The second-order valence-electron chi connectivity index (χ2n) is 10.1. The molecule has 0 N–H and O–H groups in total. The minimum absolute atomic E-state index is 0.199. The normalized spacial score (nSPS) is 23.9. The summed E-state index contributed by atoms with van der Waals surface area (Å²) < 4.78 is 12.9. The van der Waals surface area contributed by atoms with Gasteiger partial charge in [0.05, 0.1) is 25.6 Å². The molecule has 5 heteroatoms. The van der Waals surface area contributed by atoms with E-state index in [1.54, 1.807) is 0 Å². The van der Waals surface area contributed by atoms with E-state index in [2.05, 4.69) is 32.7 Å². The molecule has 0 radical (unpaired) electrons. The van der Waals surface area contributed by atoms with E-state index in [4.69, 9.17) is 21.1 Å². The number of likely N-dealkylation sites (N-methyl/N-ethyl adjacent to an activating group) is 1. The number of hydrogen-bond acceptors (Lipinski definition) is 3. The van der Waals surface area contributed by atoms with Gasteiger partial charge < -0.3 is 9.47 Å². The second kappa shape index (κ2) is 8.57. The Morgan fingerprint density at radius 2 is 1.81 bits per heavy atom. The third-order valence-corrected chi connectivity index (χ3v) is 7.36. The number of carbonyl (C=O) groups is 1. The molecule has 1 saturated heterocycles. The van der Waals surface area contributed by atoms with Crippen molar-refractivity contribution in [1.29, 1.82) is 0 Å². The number of benzene rings is 2. The molecule has 0 aliphatic carbocycles. The molecule has 2 heterocycles. The summed E-state index contributed by atoms with van der Waals surface area (Å²) in [7, 11) is 2.17. The number of nitrogens with zero attached hydrogens (tertiary/aromatic N) is 1. The summed E-state index contributed by atoms with van der Waals surface area (Å²) in [5, 5.41) is 0.709. The van der Waals surface area contributed by atoms with E-state index < -0.39 is 5.41 Å². The summed E-state index contributed by atoms with van der Waals surface area (Å²) in [5.74, 6) is 2.05. The van der Waals surface area contributed by atoms with Gasteiger partial charge in [-0.3, -0.25) is 9.28 Å². The first kappa shape index (κ1) is 22.9. The van der Waals surface area contributed by atoms with Crippen molar-refractivity contribution in [2.24, 2.45) is 5.41 Å². The van der Waals surface area contributed by atoms with Gasteiger partial charge in [0.15, 0.2) is 0 Å². The monoisotopic (exact) mass is 454 g/mol. The summed E-state index contributed by atoms with van der Waals surface area (Å²) in [6, 6.07) is 14.1. The van der Waals surface area contributed by atoms with Crippen LogP contribution in [0.5, 0.6) is 11.5 Å². The summed E-state index contributed by atoms with van der Waals surface area (Å²) in [6.45, 7) is 12.1. The van der Waals surface area contributed by atoms with E-state index in [1.165, 1.54) is 5.56 Å². The van der Waals surface area contributed by atoms with Gasteiger partial charge in [0, 0.05) is 28.0 Å². The largest absolute Gasteiger partial charge is 0.457 e. The van der Waals surface area contributed by atoms with Crippen molar-refractivity contribution >= 4 is 17.6 Å². The number of ether oxygens (including phenoxy) is 2. The summed E-state index contributed by atoms with van der Waals surface area (Å²) >= 11 is 6.37. The second-order valence-corrected chi connectivity index (χ2v) is 10.5. The van der Waals surface area contributed by atoms with Crippen LogP contribution in [-0.2, 0) is 9.53 Å². The topological polar surface area (TPSA) is 35.5 Å². The molecule has 0 saturated carbocycles. The van der Waals surface area contributed by atoms with Gasteiger partial charge in [-0.15, -0.1) is 0 Å². The molecular weight excluding hydrogens is 422 g/mol. The van der Waals surface area contributed by atoms with Crippen LogP contribution in [0.2, 0.25) is 5.02 Å². The van der Waals surface area contributed by atoms with Crippen molar-refractivity contribution in [3.63, 3.8) is 0 Å². The highest BCUT2D eigenvalue weighted by atomic mass is 35.5. The molecule has 2 aliphatic rings. The maximum Gasteiger partial charge on any atom is 0.319 e. The van der Waals surface area contributed by atoms with Gasteiger partial charge in [-0.25, -0.2) is 0 Å². The Bertz CT molecular complexity index is 1050. The van der Waals surface area contributed by atoms with Gasteiger partial charge in [-0.05, 0) is 44.5 Å². The number of likely N-dealkylation sites (tertiary alicyclic amines) is 1. The Hall–Kier alpha value is -2.30. The molecule has 0 spiro atoms. The Morgan fingerprint density at radius 1 is 1.16 bits per heavy atom. The van der Waals surface area contributed by atoms with Crippen LogP contribution in [0.25, 0.3) is 0 Å². The zero-order valence-electron chi connectivity index (χ0n) is 19.5. The molecule has 3 atom stereocenters. The standard InChI is InChI=1S/C27H33ClNO3/c1-6-9-18(2)27(3,4)26(30)31-17-29(5)15-22-20-10-7-8-11-24(20)32-25-13-12-19(28)14-21(25)23(22)16-29/h7-8,10-14,22-23H,2,6,9,15-17H2,1,3-5H3/q+1. The first-order valence-electron chi connectivity index (χ1n) is 11.4. The van der Waals surface area contributed by atoms with Crippen LogP contribution >= 0.6 is 11.6 Å². The molecule has 2 aliphatic heterocycles. The molecule has 32 heavy (non-hydrogen) atoms. The maximum atomic E-state index is 13.0. The predicted octanol–water partition coefficient (Wildman–Crippen LogP) is 6.66. The highest BCUT2D eigenvalue weighted by Crippen LogP contribution is 2.51. The number of halogens is 1. The van der Waals surface area contributed by atoms with Crippen molar-refractivity contribution in [3.8, 4) is 11.5 Å². The molecule has 4 rings (SSSR count). The number of para-hydroxylation sites is 1. The maximum absolute atomic E-state index is 13.0. The Labute approximate surface area is 196 Å². The van der Waals surface area contributed by atoms with Gasteiger partial charge in [-0.2, -0.15) is 0 Å². The molecule has 0 aromatic heterocycles. The fourth-order valence-electron chi connectivity index (χ4n) is 5.07. The summed E-state index contributed by atoms with van der Waals surface area (Å²) in [5.41, 5.74) is 2.58. The van der Waals surface area contributed by atoms with Crippen LogP contribution in [0, 0.1) is 5.41 Å². The number of carbonyl (C=O) groups excluding carboxylic acids is 1. The first-order chi connectivity index (χ1) is 15.1. The van der Waals surface area contributed by atoms with Crippen LogP contribution in [0.1, 0.15) is 56.6 Å². The lowest BCUT2D eigenvalue weighted by atomic mass is 9.83. The van der Waals surface area contributed by atoms with E-state index in [-0.39, 0.29) is 17.8 Å². The molecule has 0 amide bonds. The Morgan fingerprint density at radius 3 is 2.53 bits per heavy atom. The fourth-order valence-corrected chi connectivity index (χ4v) is 5.25. The van der Waals surface area contributed by atoms with Crippen molar-refractivity contribution in [3.05, 3.63) is 70.8 Å². The highest BCUT2D eigenvalue weighted by Gasteiger charge is 2.48. The van der Waals surface area contributed by atoms with Gasteiger partial charge in [-0.1, -0.05) is 55.3 Å². The smallest absolute Gasteiger partial charge is 0.319 e. The molecule has 4 nitrogen and oxygen atoms in total. The zero-order chi connectivity index (χ0) is 23.1.